The van der Waals surface area contributed by atoms with Crippen molar-refractivity contribution in [3.63, 3.8) is 0 Å². The first-order chi connectivity index (χ1) is 13.3. The van der Waals surface area contributed by atoms with Crippen molar-refractivity contribution in [3.05, 3.63) is 63.6 Å². The van der Waals surface area contributed by atoms with Gasteiger partial charge in [-0.3, -0.25) is 4.79 Å². The number of rotatable bonds is 5. The molecule has 1 aliphatic heterocycles. The summed E-state index contributed by atoms with van der Waals surface area (Å²) in [7, 11) is -2.05. The van der Waals surface area contributed by atoms with Crippen LogP contribution in [0.1, 0.15) is 35.2 Å². The minimum absolute atomic E-state index is 0.0122. The lowest BCUT2D eigenvalue weighted by Crippen LogP contribution is -2.36. The minimum Gasteiger partial charge on any atom is -0.337 e. The summed E-state index contributed by atoms with van der Waals surface area (Å²) in [6.45, 7) is 1.34. The van der Waals surface area contributed by atoms with Crippen molar-refractivity contribution >= 4 is 39.1 Å². The Morgan fingerprint density at radius 2 is 1.68 bits per heavy atom. The van der Waals surface area contributed by atoms with Crippen LogP contribution in [0.5, 0.6) is 0 Å². The van der Waals surface area contributed by atoms with Crippen LogP contribution in [0.15, 0.2) is 47.4 Å². The Morgan fingerprint density at radius 3 is 2.32 bits per heavy atom. The first-order valence-corrected chi connectivity index (χ1v) is 11.3. The summed E-state index contributed by atoms with van der Waals surface area (Å²) < 4.78 is 27.4. The van der Waals surface area contributed by atoms with Crippen molar-refractivity contribution in [1.82, 2.24) is 9.21 Å². The number of hydrogen-bond acceptors (Lipinski definition) is 3. The van der Waals surface area contributed by atoms with E-state index in [4.69, 9.17) is 23.2 Å². The van der Waals surface area contributed by atoms with E-state index in [1.807, 2.05) is 12.1 Å². The molecule has 150 valence electrons. The van der Waals surface area contributed by atoms with Crippen LogP contribution in [0, 0.1) is 0 Å². The third-order valence-corrected chi connectivity index (χ3v) is 7.42. The van der Waals surface area contributed by atoms with Gasteiger partial charge in [0.25, 0.3) is 5.91 Å². The largest absolute Gasteiger partial charge is 0.337 e. The molecule has 0 N–H and O–H groups in total. The Kier molecular flexibility index (Phi) is 6.65. The number of piperidine rings is 1. The molecule has 1 aliphatic rings. The first kappa shape index (κ1) is 21.1. The van der Waals surface area contributed by atoms with Crippen molar-refractivity contribution in [2.45, 2.75) is 30.7 Å². The van der Waals surface area contributed by atoms with Gasteiger partial charge in [-0.15, -0.1) is 0 Å². The number of carbonyl (C=O) groups is 1. The highest BCUT2D eigenvalue weighted by atomic mass is 35.5. The quantitative estimate of drug-likeness (QED) is 0.690. The van der Waals surface area contributed by atoms with Gasteiger partial charge in [-0.2, -0.15) is 4.31 Å². The zero-order chi connectivity index (χ0) is 20.3. The molecule has 28 heavy (non-hydrogen) atoms. The van der Waals surface area contributed by atoms with Gasteiger partial charge in [-0.1, -0.05) is 41.8 Å². The summed E-state index contributed by atoms with van der Waals surface area (Å²) in [6.07, 6.45) is 2.69. The lowest BCUT2D eigenvalue weighted by Gasteiger charge is -2.26. The molecule has 1 fully saturated rings. The number of carbonyl (C=O) groups excluding carboxylic acids is 1. The number of sulfonamides is 1. The molecule has 2 aromatic carbocycles. The second-order valence-electron chi connectivity index (χ2n) is 6.90. The van der Waals surface area contributed by atoms with Crippen molar-refractivity contribution in [1.29, 1.82) is 0 Å². The van der Waals surface area contributed by atoms with Gasteiger partial charge < -0.3 is 4.90 Å². The van der Waals surface area contributed by atoms with E-state index in [0.717, 1.165) is 24.8 Å². The van der Waals surface area contributed by atoms with Gasteiger partial charge in [0.2, 0.25) is 10.0 Å². The predicted octanol–water partition coefficient (Wildman–Crippen LogP) is 4.44. The number of halogens is 2. The average Bonchev–Trinajstić information content (AvgIpc) is 2.70. The second kappa shape index (κ2) is 8.82. The Balaban J connectivity index is 1.83. The van der Waals surface area contributed by atoms with Crippen LogP contribution in [0.3, 0.4) is 0 Å². The summed E-state index contributed by atoms with van der Waals surface area (Å²) in [5, 5.41) is 0.755. The molecule has 0 aromatic heterocycles. The molecule has 0 unspecified atom stereocenters. The van der Waals surface area contributed by atoms with Crippen LogP contribution in [0.4, 0.5) is 0 Å². The molecule has 1 amide bonds. The van der Waals surface area contributed by atoms with Crippen molar-refractivity contribution < 1.29 is 13.2 Å². The third kappa shape index (κ3) is 4.69. The van der Waals surface area contributed by atoms with Gasteiger partial charge in [0.1, 0.15) is 4.90 Å². The van der Waals surface area contributed by atoms with E-state index in [9.17, 15) is 13.2 Å². The highest BCUT2D eigenvalue weighted by Gasteiger charge is 2.29. The third-order valence-electron chi connectivity index (χ3n) is 4.79. The van der Waals surface area contributed by atoms with Crippen LogP contribution >= 0.6 is 23.2 Å². The second-order valence-corrected chi connectivity index (χ2v) is 9.65. The fourth-order valence-electron chi connectivity index (χ4n) is 3.23. The Morgan fingerprint density at radius 1 is 1.04 bits per heavy atom. The van der Waals surface area contributed by atoms with E-state index < -0.39 is 10.0 Å². The van der Waals surface area contributed by atoms with E-state index in [-0.39, 0.29) is 21.4 Å². The monoisotopic (exact) mass is 440 g/mol. The summed E-state index contributed by atoms with van der Waals surface area (Å²) in [4.78, 5) is 14.4. The zero-order valence-electron chi connectivity index (χ0n) is 15.6. The maximum Gasteiger partial charge on any atom is 0.253 e. The number of nitrogens with zero attached hydrogens (tertiary/aromatic N) is 2. The maximum atomic E-state index is 13.0. The number of amides is 1. The molecule has 1 saturated heterocycles. The van der Waals surface area contributed by atoms with Crippen molar-refractivity contribution in [2.24, 2.45) is 0 Å². The number of hydrogen-bond donors (Lipinski definition) is 0. The summed E-state index contributed by atoms with van der Waals surface area (Å²) in [5.74, 6) is -0.276. The van der Waals surface area contributed by atoms with Gasteiger partial charge >= 0.3 is 0 Å². The molecule has 0 spiro atoms. The molecule has 0 radical (unpaired) electrons. The van der Waals surface area contributed by atoms with E-state index in [1.54, 1.807) is 25.2 Å². The van der Waals surface area contributed by atoms with Crippen LogP contribution in [-0.2, 0) is 16.6 Å². The standard InChI is InChI=1S/C20H22Cl2N2O3S/c1-23(14-15-5-8-17(21)9-6-15)20(25)16-7-10-18(22)19(13-16)28(26,27)24-11-3-2-4-12-24/h5-10,13H,2-4,11-12,14H2,1H3. The normalized spacial score (nSPS) is 15.4. The highest BCUT2D eigenvalue weighted by Crippen LogP contribution is 2.28. The molecule has 0 bridgehead atoms. The van der Waals surface area contributed by atoms with Crippen LogP contribution in [0.25, 0.3) is 0 Å². The summed E-state index contributed by atoms with van der Waals surface area (Å²) in [6, 6.07) is 11.6. The smallest absolute Gasteiger partial charge is 0.253 e. The Hall–Kier alpha value is -1.60. The zero-order valence-corrected chi connectivity index (χ0v) is 17.9. The lowest BCUT2D eigenvalue weighted by molar-refractivity contribution is 0.0785. The Bertz CT molecular complexity index is 956. The van der Waals surface area contributed by atoms with Gasteiger partial charge in [-0.25, -0.2) is 8.42 Å². The predicted molar refractivity (Wildman–Crippen MR) is 111 cm³/mol. The molecule has 0 atom stereocenters. The summed E-state index contributed by atoms with van der Waals surface area (Å²) in [5.41, 5.74) is 1.21. The van der Waals surface area contributed by atoms with Gasteiger partial charge in [-0.05, 0) is 48.7 Å². The SMILES string of the molecule is CN(Cc1ccc(Cl)cc1)C(=O)c1ccc(Cl)c(S(=O)(=O)N2CCCCC2)c1. The molecule has 5 nitrogen and oxygen atoms in total. The first-order valence-electron chi connectivity index (χ1n) is 9.08. The minimum atomic E-state index is -3.72. The average molecular weight is 441 g/mol. The van der Waals surface area contributed by atoms with Crippen LogP contribution in [-0.4, -0.2) is 43.7 Å². The van der Waals surface area contributed by atoms with Gasteiger partial charge in [0.15, 0.2) is 0 Å². The summed E-state index contributed by atoms with van der Waals surface area (Å²) >= 11 is 12.1. The van der Waals surface area contributed by atoms with Gasteiger partial charge in [0, 0.05) is 37.3 Å². The van der Waals surface area contributed by atoms with Crippen molar-refractivity contribution in [3.8, 4) is 0 Å². The van der Waals surface area contributed by atoms with Crippen molar-refractivity contribution in [2.75, 3.05) is 20.1 Å². The lowest BCUT2D eigenvalue weighted by atomic mass is 10.1. The van der Waals surface area contributed by atoms with Crippen LogP contribution in [0.2, 0.25) is 10.0 Å². The van der Waals surface area contributed by atoms with E-state index in [2.05, 4.69) is 0 Å². The topological polar surface area (TPSA) is 57.7 Å². The Labute approximate surface area is 175 Å². The molecular formula is C20H22Cl2N2O3S. The fourth-order valence-corrected chi connectivity index (χ4v) is 5.38. The highest BCUT2D eigenvalue weighted by molar-refractivity contribution is 7.89. The van der Waals surface area contributed by atoms with E-state index in [1.165, 1.54) is 21.3 Å². The number of benzene rings is 2. The molecule has 3 rings (SSSR count). The molecular weight excluding hydrogens is 419 g/mol. The molecule has 0 saturated carbocycles. The fraction of sp³-hybridized carbons (Fsp3) is 0.350. The maximum absolute atomic E-state index is 13.0. The molecule has 8 heteroatoms. The molecule has 1 heterocycles. The molecule has 2 aromatic rings. The van der Waals surface area contributed by atoms with Gasteiger partial charge in [0.05, 0.1) is 5.02 Å². The molecule has 0 aliphatic carbocycles. The van der Waals surface area contributed by atoms with E-state index in [0.29, 0.717) is 24.7 Å². The van der Waals surface area contributed by atoms with Crippen LogP contribution < -0.4 is 0 Å². The van der Waals surface area contributed by atoms with E-state index >= 15 is 0 Å².